The predicted octanol–water partition coefficient (Wildman–Crippen LogP) is 2.93. The lowest BCUT2D eigenvalue weighted by molar-refractivity contribution is -0.0691. The molecule has 0 spiro atoms. The lowest BCUT2D eigenvalue weighted by atomic mass is 10.0. The summed E-state index contributed by atoms with van der Waals surface area (Å²) >= 11 is 0. The summed E-state index contributed by atoms with van der Waals surface area (Å²) in [4.78, 5) is 14.1. The molecule has 2 aliphatic heterocycles. The Morgan fingerprint density at radius 2 is 1.91 bits per heavy atom. The van der Waals surface area contributed by atoms with Crippen LogP contribution in [0.25, 0.3) is 0 Å². The van der Waals surface area contributed by atoms with E-state index in [1.165, 1.54) is 17.1 Å². The number of carbonyl (C=O) groups excluding carboxylic acids is 1. The third-order valence-corrected chi connectivity index (χ3v) is 3.88. The van der Waals surface area contributed by atoms with Crippen LogP contribution in [-0.2, 0) is 4.74 Å². The van der Waals surface area contributed by atoms with Crippen molar-refractivity contribution < 1.29 is 18.3 Å². The fourth-order valence-corrected chi connectivity index (χ4v) is 2.85. The van der Waals surface area contributed by atoms with Gasteiger partial charge in [0, 0.05) is 18.7 Å². The topological polar surface area (TPSA) is 45.1 Å². The molecule has 1 saturated heterocycles. The molecular formula is C16H19F2N3O2. The molecule has 0 bridgehead atoms. The van der Waals surface area contributed by atoms with Crippen LogP contribution in [0.15, 0.2) is 23.3 Å². The van der Waals surface area contributed by atoms with E-state index in [9.17, 15) is 13.6 Å². The number of carbonyl (C=O) groups is 1. The van der Waals surface area contributed by atoms with E-state index in [2.05, 4.69) is 5.10 Å². The van der Waals surface area contributed by atoms with Crippen LogP contribution in [-0.4, -0.2) is 47.5 Å². The van der Waals surface area contributed by atoms with E-state index in [1.807, 2.05) is 13.8 Å². The second kappa shape index (κ2) is 6.23. The van der Waals surface area contributed by atoms with Crippen LogP contribution < -0.4 is 0 Å². The summed E-state index contributed by atoms with van der Waals surface area (Å²) in [7, 11) is 0. The molecule has 0 radical (unpaired) electrons. The van der Waals surface area contributed by atoms with Crippen molar-refractivity contribution in [1.29, 1.82) is 0 Å². The molecule has 1 aromatic carbocycles. The van der Waals surface area contributed by atoms with Crippen molar-refractivity contribution in [3.63, 3.8) is 0 Å². The van der Waals surface area contributed by atoms with Gasteiger partial charge in [0.15, 0.2) is 0 Å². The molecule has 1 unspecified atom stereocenters. The average molecular weight is 323 g/mol. The van der Waals surface area contributed by atoms with E-state index in [4.69, 9.17) is 4.74 Å². The molecule has 0 aliphatic carbocycles. The monoisotopic (exact) mass is 323 g/mol. The Hall–Kier alpha value is -2.02. The number of amides is 2. The van der Waals surface area contributed by atoms with Crippen LogP contribution in [0.3, 0.4) is 0 Å². The zero-order valence-corrected chi connectivity index (χ0v) is 13.1. The standard InChI is InChI=1S/C16H19F2N3O2/c1-10(2)23-14-8-20(9-14)16(22)21-15(3-4-19-21)11-5-12(17)7-13(18)6-11/h4-7,10,14-15H,3,8-9H2,1-2H3. The second-order valence-electron chi connectivity index (χ2n) is 6.09. The van der Waals surface area contributed by atoms with Gasteiger partial charge >= 0.3 is 6.03 Å². The number of likely N-dealkylation sites (tertiary alicyclic amines) is 1. The van der Waals surface area contributed by atoms with Crippen molar-refractivity contribution in [1.82, 2.24) is 9.91 Å². The molecule has 2 aliphatic rings. The number of rotatable bonds is 3. The Kier molecular flexibility index (Phi) is 4.30. The van der Waals surface area contributed by atoms with Crippen molar-refractivity contribution >= 4 is 12.2 Å². The number of nitrogens with zero attached hydrogens (tertiary/aromatic N) is 3. The first-order valence-electron chi connectivity index (χ1n) is 7.66. The first-order chi connectivity index (χ1) is 10.9. The van der Waals surface area contributed by atoms with Gasteiger partial charge < -0.3 is 9.64 Å². The van der Waals surface area contributed by atoms with E-state index >= 15 is 0 Å². The van der Waals surface area contributed by atoms with Crippen molar-refractivity contribution in [2.45, 2.75) is 38.5 Å². The van der Waals surface area contributed by atoms with Gasteiger partial charge in [0.25, 0.3) is 0 Å². The van der Waals surface area contributed by atoms with Gasteiger partial charge in [0.2, 0.25) is 0 Å². The summed E-state index contributed by atoms with van der Waals surface area (Å²) in [5, 5.41) is 5.36. The van der Waals surface area contributed by atoms with Crippen molar-refractivity contribution in [2.75, 3.05) is 13.1 Å². The van der Waals surface area contributed by atoms with E-state index in [1.54, 1.807) is 11.1 Å². The molecule has 3 rings (SSSR count). The highest BCUT2D eigenvalue weighted by atomic mass is 19.1. The molecule has 1 aromatic rings. The zero-order valence-electron chi connectivity index (χ0n) is 13.1. The summed E-state index contributed by atoms with van der Waals surface area (Å²) in [6, 6.07) is 2.55. The highest BCUT2D eigenvalue weighted by Crippen LogP contribution is 2.31. The van der Waals surface area contributed by atoms with E-state index in [0.717, 1.165) is 6.07 Å². The molecule has 23 heavy (non-hydrogen) atoms. The Morgan fingerprint density at radius 1 is 1.26 bits per heavy atom. The quantitative estimate of drug-likeness (QED) is 0.858. The van der Waals surface area contributed by atoms with Gasteiger partial charge in [-0.25, -0.2) is 18.6 Å². The molecule has 2 heterocycles. The van der Waals surface area contributed by atoms with Gasteiger partial charge in [-0.1, -0.05) is 0 Å². The summed E-state index contributed by atoms with van der Waals surface area (Å²) in [5.74, 6) is -1.32. The van der Waals surface area contributed by atoms with Gasteiger partial charge in [-0.15, -0.1) is 0 Å². The average Bonchev–Trinajstić information content (AvgIpc) is 2.89. The van der Waals surface area contributed by atoms with Crippen LogP contribution in [0.2, 0.25) is 0 Å². The minimum atomic E-state index is -0.659. The smallest absolute Gasteiger partial charge is 0.341 e. The van der Waals surface area contributed by atoms with Crippen molar-refractivity contribution in [3.8, 4) is 0 Å². The summed E-state index contributed by atoms with van der Waals surface area (Å²) in [6.45, 7) is 4.91. The van der Waals surface area contributed by atoms with Crippen molar-refractivity contribution in [2.24, 2.45) is 5.10 Å². The molecule has 124 valence electrons. The molecule has 2 amide bonds. The molecule has 1 atom stereocenters. The molecule has 1 fully saturated rings. The summed E-state index contributed by atoms with van der Waals surface area (Å²) in [5.41, 5.74) is 0.406. The van der Waals surface area contributed by atoms with E-state index in [0.29, 0.717) is 25.1 Å². The maximum absolute atomic E-state index is 13.4. The van der Waals surface area contributed by atoms with E-state index in [-0.39, 0.29) is 18.2 Å². The van der Waals surface area contributed by atoms with Gasteiger partial charge in [0.05, 0.1) is 31.3 Å². The minimum absolute atomic E-state index is 0.0376. The number of ether oxygens (including phenoxy) is 1. The number of hydrogen-bond donors (Lipinski definition) is 0. The van der Waals surface area contributed by atoms with Crippen LogP contribution in [0.5, 0.6) is 0 Å². The van der Waals surface area contributed by atoms with Gasteiger partial charge in [0.1, 0.15) is 11.6 Å². The second-order valence-corrected chi connectivity index (χ2v) is 6.09. The maximum atomic E-state index is 13.4. The van der Waals surface area contributed by atoms with Gasteiger partial charge in [-0.3, -0.25) is 0 Å². The van der Waals surface area contributed by atoms with Crippen LogP contribution in [0, 0.1) is 11.6 Å². The molecule has 0 saturated carbocycles. The predicted molar refractivity (Wildman–Crippen MR) is 81.0 cm³/mol. The Labute approximate surface area is 133 Å². The summed E-state index contributed by atoms with van der Waals surface area (Å²) in [6.07, 6.45) is 2.18. The Morgan fingerprint density at radius 3 is 2.52 bits per heavy atom. The number of urea groups is 1. The fraction of sp³-hybridized carbons (Fsp3) is 0.500. The summed E-state index contributed by atoms with van der Waals surface area (Å²) < 4.78 is 32.4. The molecule has 0 N–H and O–H groups in total. The first kappa shape index (κ1) is 15.9. The first-order valence-corrected chi connectivity index (χ1v) is 7.66. The van der Waals surface area contributed by atoms with E-state index < -0.39 is 17.7 Å². The molecular weight excluding hydrogens is 304 g/mol. The maximum Gasteiger partial charge on any atom is 0.341 e. The largest absolute Gasteiger partial charge is 0.372 e. The minimum Gasteiger partial charge on any atom is -0.372 e. The normalized spacial score (nSPS) is 21.2. The van der Waals surface area contributed by atoms with Crippen LogP contribution in [0.4, 0.5) is 13.6 Å². The third-order valence-electron chi connectivity index (χ3n) is 3.88. The lowest BCUT2D eigenvalue weighted by Crippen LogP contribution is -2.58. The molecule has 5 nitrogen and oxygen atoms in total. The van der Waals surface area contributed by atoms with Crippen LogP contribution in [0.1, 0.15) is 31.9 Å². The highest BCUT2D eigenvalue weighted by Gasteiger charge is 2.38. The number of halogens is 2. The van der Waals surface area contributed by atoms with Crippen molar-refractivity contribution in [3.05, 3.63) is 35.4 Å². The molecule has 0 aromatic heterocycles. The third kappa shape index (κ3) is 3.34. The lowest BCUT2D eigenvalue weighted by Gasteiger charge is -2.41. The number of hydrogen-bond acceptors (Lipinski definition) is 3. The van der Waals surface area contributed by atoms with Crippen LogP contribution >= 0.6 is 0 Å². The van der Waals surface area contributed by atoms with Gasteiger partial charge in [-0.2, -0.15) is 5.10 Å². The fourth-order valence-electron chi connectivity index (χ4n) is 2.85. The zero-order chi connectivity index (χ0) is 16.6. The molecule has 7 heteroatoms. The highest BCUT2D eigenvalue weighted by molar-refractivity contribution is 5.79. The SMILES string of the molecule is CC(C)OC1CN(C(=O)N2N=CCC2c2cc(F)cc(F)c2)C1. The Balaban J connectivity index is 1.67. The number of hydrazone groups is 1. The van der Waals surface area contributed by atoms with Gasteiger partial charge in [-0.05, 0) is 31.5 Å². The Bertz CT molecular complexity index is 610. The number of benzene rings is 1.